The van der Waals surface area contributed by atoms with Gasteiger partial charge in [0.15, 0.2) is 5.76 Å². The van der Waals surface area contributed by atoms with Gasteiger partial charge in [0.1, 0.15) is 0 Å². The lowest BCUT2D eigenvalue weighted by atomic mass is 10.1. The number of amides is 2. The molecule has 3 N–H and O–H groups in total. The molecule has 6 nitrogen and oxygen atoms in total. The number of rotatable bonds is 7. The highest BCUT2D eigenvalue weighted by molar-refractivity contribution is 6.07. The highest BCUT2D eigenvalue weighted by Crippen LogP contribution is 2.25. The second kappa shape index (κ2) is 9.51. The van der Waals surface area contributed by atoms with Gasteiger partial charge in [0.25, 0.3) is 11.8 Å². The Bertz CT molecular complexity index is 1040. The molecule has 160 valence electrons. The van der Waals surface area contributed by atoms with E-state index in [4.69, 9.17) is 4.42 Å². The number of aryl methyl sites for hydroxylation is 1. The van der Waals surface area contributed by atoms with Gasteiger partial charge in [0.05, 0.1) is 6.26 Å². The van der Waals surface area contributed by atoms with Crippen LogP contribution in [-0.4, -0.2) is 18.4 Å². The summed E-state index contributed by atoms with van der Waals surface area (Å²) in [6.45, 7) is 2.87. The van der Waals surface area contributed by atoms with Crippen LogP contribution in [0.25, 0.3) is 0 Å². The average Bonchev–Trinajstić information content (AvgIpc) is 3.49. The molecule has 0 radical (unpaired) electrons. The van der Waals surface area contributed by atoms with E-state index in [0.29, 0.717) is 11.3 Å². The molecule has 1 aliphatic carbocycles. The molecule has 3 aromatic rings. The summed E-state index contributed by atoms with van der Waals surface area (Å²) in [6.07, 6.45) is 6.74. The van der Waals surface area contributed by atoms with Crippen molar-refractivity contribution >= 4 is 28.9 Å². The number of nitrogens with one attached hydrogen (secondary N) is 3. The van der Waals surface area contributed by atoms with Crippen molar-refractivity contribution in [2.45, 2.75) is 32.6 Å². The van der Waals surface area contributed by atoms with Crippen molar-refractivity contribution in [3.63, 3.8) is 0 Å². The lowest BCUT2D eigenvalue weighted by Crippen LogP contribution is -2.15. The number of carbonyl (C=O) groups excluding carboxylic acids is 2. The Labute approximate surface area is 182 Å². The van der Waals surface area contributed by atoms with Gasteiger partial charge in [-0.3, -0.25) is 9.59 Å². The molecule has 0 aliphatic heterocycles. The third kappa shape index (κ3) is 5.34. The van der Waals surface area contributed by atoms with Crippen LogP contribution in [0.5, 0.6) is 0 Å². The fourth-order valence-corrected chi connectivity index (χ4v) is 3.84. The third-order valence-electron chi connectivity index (χ3n) is 5.71. The van der Waals surface area contributed by atoms with E-state index in [1.54, 1.807) is 24.3 Å². The predicted molar refractivity (Wildman–Crippen MR) is 123 cm³/mol. The number of hydrogen-bond donors (Lipinski definition) is 3. The Morgan fingerprint density at radius 3 is 2.39 bits per heavy atom. The van der Waals surface area contributed by atoms with E-state index in [0.717, 1.165) is 29.4 Å². The zero-order valence-electron chi connectivity index (χ0n) is 17.6. The van der Waals surface area contributed by atoms with Gasteiger partial charge in [0, 0.05) is 29.2 Å². The summed E-state index contributed by atoms with van der Waals surface area (Å²) in [5, 5.41) is 9.19. The molecule has 4 rings (SSSR count). The first-order valence-corrected chi connectivity index (χ1v) is 10.7. The van der Waals surface area contributed by atoms with Crippen molar-refractivity contribution in [2.24, 2.45) is 5.92 Å². The number of furan rings is 1. The van der Waals surface area contributed by atoms with Crippen molar-refractivity contribution in [3.8, 4) is 0 Å². The third-order valence-corrected chi connectivity index (χ3v) is 5.71. The molecule has 1 fully saturated rings. The summed E-state index contributed by atoms with van der Waals surface area (Å²) in [5.74, 6) is 0.394. The molecule has 0 unspecified atom stereocenters. The van der Waals surface area contributed by atoms with E-state index in [-0.39, 0.29) is 17.6 Å². The van der Waals surface area contributed by atoms with E-state index in [9.17, 15) is 9.59 Å². The first kappa shape index (κ1) is 20.7. The van der Waals surface area contributed by atoms with Gasteiger partial charge in [0.2, 0.25) is 0 Å². The SMILES string of the molecule is Cc1ccc(C(=O)Nc2ccc(NCC3CCCC3)cc2)cc1NC(=O)c1ccco1. The second-order valence-corrected chi connectivity index (χ2v) is 8.02. The van der Waals surface area contributed by atoms with Gasteiger partial charge in [-0.1, -0.05) is 18.9 Å². The average molecular weight is 418 g/mol. The van der Waals surface area contributed by atoms with Crippen molar-refractivity contribution < 1.29 is 14.0 Å². The van der Waals surface area contributed by atoms with Gasteiger partial charge in [-0.25, -0.2) is 0 Å². The van der Waals surface area contributed by atoms with Gasteiger partial charge in [-0.2, -0.15) is 0 Å². The van der Waals surface area contributed by atoms with Crippen LogP contribution in [0.2, 0.25) is 0 Å². The number of carbonyl (C=O) groups is 2. The van der Waals surface area contributed by atoms with Crippen LogP contribution in [0.1, 0.15) is 52.2 Å². The highest BCUT2D eigenvalue weighted by Gasteiger charge is 2.15. The van der Waals surface area contributed by atoms with E-state index < -0.39 is 0 Å². The number of benzene rings is 2. The smallest absolute Gasteiger partial charge is 0.291 e. The Morgan fingerprint density at radius 2 is 1.68 bits per heavy atom. The van der Waals surface area contributed by atoms with E-state index in [1.807, 2.05) is 37.3 Å². The Hall–Kier alpha value is -3.54. The van der Waals surface area contributed by atoms with Gasteiger partial charge >= 0.3 is 0 Å². The first-order chi connectivity index (χ1) is 15.1. The predicted octanol–water partition coefficient (Wildman–Crippen LogP) is 5.69. The quantitative estimate of drug-likeness (QED) is 0.461. The Morgan fingerprint density at radius 1 is 0.935 bits per heavy atom. The van der Waals surface area contributed by atoms with Gasteiger partial charge < -0.3 is 20.4 Å². The molecule has 1 heterocycles. The largest absolute Gasteiger partial charge is 0.459 e. The lowest BCUT2D eigenvalue weighted by Gasteiger charge is -2.13. The van der Waals surface area contributed by atoms with Gasteiger partial charge in [-0.05, 0) is 79.8 Å². The van der Waals surface area contributed by atoms with Crippen molar-refractivity contribution in [3.05, 3.63) is 77.7 Å². The summed E-state index contributed by atoms with van der Waals surface area (Å²) >= 11 is 0. The summed E-state index contributed by atoms with van der Waals surface area (Å²) in [4.78, 5) is 25.0. The first-order valence-electron chi connectivity index (χ1n) is 10.7. The molecule has 2 amide bonds. The number of anilines is 3. The number of hydrogen-bond acceptors (Lipinski definition) is 4. The van der Waals surface area contributed by atoms with E-state index in [2.05, 4.69) is 16.0 Å². The second-order valence-electron chi connectivity index (χ2n) is 8.02. The molecule has 2 aromatic carbocycles. The molecule has 1 aliphatic rings. The zero-order chi connectivity index (χ0) is 21.6. The van der Waals surface area contributed by atoms with Crippen LogP contribution in [0.15, 0.2) is 65.3 Å². The van der Waals surface area contributed by atoms with Crippen LogP contribution in [0.4, 0.5) is 17.1 Å². The summed E-state index contributed by atoms with van der Waals surface area (Å²) in [5.41, 5.74) is 3.67. The summed E-state index contributed by atoms with van der Waals surface area (Å²) < 4.78 is 5.12. The minimum absolute atomic E-state index is 0.218. The van der Waals surface area contributed by atoms with Crippen LogP contribution in [0, 0.1) is 12.8 Å². The van der Waals surface area contributed by atoms with Crippen LogP contribution < -0.4 is 16.0 Å². The monoisotopic (exact) mass is 417 g/mol. The molecule has 1 aromatic heterocycles. The molecular formula is C25H27N3O3. The Balaban J connectivity index is 1.37. The normalized spacial score (nSPS) is 13.7. The summed E-state index contributed by atoms with van der Waals surface area (Å²) in [7, 11) is 0. The van der Waals surface area contributed by atoms with Crippen molar-refractivity contribution in [2.75, 3.05) is 22.5 Å². The lowest BCUT2D eigenvalue weighted by molar-refractivity contribution is 0.0993. The van der Waals surface area contributed by atoms with E-state index in [1.165, 1.54) is 31.9 Å². The molecule has 0 saturated heterocycles. The topological polar surface area (TPSA) is 83.4 Å². The van der Waals surface area contributed by atoms with Crippen LogP contribution in [-0.2, 0) is 0 Å². The minimum Gasteiger partial charge on any atom is -0.459 e. The van der Waals surface area contributed by atoms with Crippen molar-refractivity contribution in [1.29, 1.82) is 0 Å². The molecular weight excluding hydrogens is 390 g/mol. The fourth-order valence-electron chi connectivity index (χ4n) is 3.84. The van der Waals surface area contributed by atoms with Crippen LogP contribution >= 0.6 is 0 Å². The Kier molecular flexibility index (Phi) is 6.36. The minimum atomic E-state index is -0.355. The molecule has 0 bridgehead atoms. The maximum atomic E-state index is 12.7. The maximum absolute atomic E-state index is 12.7. The summed E-state index contributed by atoms with van der Waals surface area (Å²) in [6, 6.07) is 16.2. The fraction of sp³-hybridized carbons (Fsp3) is 0.280. The molecule has 31 heavy (non-hydrogen) atoms. The standard InChI is InChI=1S/C25H27N3O3/c1-17-8-9-19(15-22(17)28-25(30)23-7-4-14-31-23)24(29)27-21-12-10-20(11-13-21)26-16-18-5-2-3-6-18/h4,7-15,18,26H,2-3,5-6,16H2,1H3,(H,27,29)(H,28,30). The molecule has 6 heteroatoms. The van der Waals surface area contributed by atoms with Crippen LogP contribution in [0.3, 0.4) is 0 Å². The zero-order valence-corrected chi connectivity index (χ0v) is 17.6. The highest BCUT2D eigenvalue weighted by atomic mass is 16.3. The molecule has 0 atom stereocenters. The van der Waals surface area contributed by atoms with E-state index >= 15 is 0 Å². The van der Waals surface area contributed by atoms with Crippen molar-refractivity contribution in [1.82, 2.24) is 0 Å². The molecule has 1 saturated carbocycles. The van der Waals surface area contributed by atoms with Gasteiger partial charge in [-0.15, -0.1) is 0 Å². The maximum Gasteiger partial charge on any atom is 0.291 e. The molecule has 0 spiro atoms.